The van der Waals surface area contributed by atoms with Crippen molar-refractivity contribution in [3.63, 3.8) is 0 Å². The number of nitrogens with zero attached hydrogens (tertiary/aromatic N) is 6. The Morgan fingerprint density at radius 1 is 1.21 bits per heavy atom. The summed E-state index contributed by atoms with van der Waals surface area (Å²) < 4.78 is 21.2. The number of morpholine rings is 1. The minimum absolute atomic E-state index is 0.0831. The molecule has 156 valence electrons. The van der Waals surface area contributed by atoms with Gasteiger partial charge in [0.25, 0.3) is 0 Å². The summed E-state index contributed by atoms with van der Waals surface area (Å²) in [6.45, 7) is 5.81. The zero-order chi connectivity index (χ0) is 20.1. The van der Waals surface area contributed by atoms with E-state index >= 15 is 0 Å². The second kappa shape index (κ2) is 9.41. The van der Waals surface area contributed by atoms with E-state index in [1.165, 1.54) is 6.07 Å². The van der Waals surface area contributed by atoms with Crippen molar-refractivity contribution in [1.29, 1.82) is 0 Å². The molecule has 0 N–H and O–H groups in total. The lowest BCUT2D eigenvalue weighted by Gasteiger charge is -2.25. The molecule has 2 fully saturated rings. The predicted molar refractivity (Wildman–Crippen MR) is 103 cm³/mol. The van der Waals surface area contributed by atoms with E-state index in [0.29, 0.717) is 44.6 Å². The van der Waals surface area contributed by atoms with Crippen molar-refractivity contribution in [3.8, 4) is 0 Å². The average Bonchev–Trinajstić information content (AvgIpc) is 3.39. The maximum absolute atomic E-state index is 14.0. The Morgan fingerprint density at radius 2 is 2.03 bits per heavy atom. The van der Waals surface area contributed by atoms with E-state index in [2.05, 4.69) is 20.4 Å². The molecule has 0 bridgehead atoms. The van der Waals surface area contributed by atoms with Gasteiger partial charge in [-0.1, -0.05) is 18.2 Å². The number of amides is 1. The fourth-order valence-corrected chi connectivity index (χ4v) is 4.05. The quantitative estimate of drug-likeness (QED) is 0.698. The molecule has 0 spiro atoms. The van der Waals surface area contributed by atoms with Crippen LogP contribution in [0.3, 0.4) is 0 Å². The fourth-order valence-electron chi connectivity index (χ4n) is 4.05. The van der Waals surface area contributed by atoms with Crippen LogP contribution < -0.4 is 0 Å². The normalized spacial score (nSPS) is 20.3. The minimum Gasteiger partial charge on any atom is -0.379 e. The molecular weight excluding hydrogens is 375 g/mol. The molecule has 1 aromatic heterocycles. The maximum Gasteiger partial charge on any atom is 0.222 e. The Labute approximate surface area is 169 Å². The number of halogens is 1. The summed E-state index contributed by atoms with van der Waals surface area (Å²) in [5.74, 6) is 0.838. The van der Waals surface area contributed by atoms with Crippen LogP contribution >= 0.6 is 0 Å². The predicted octanol–water partition coefficient (Wildman–Crippen LogP) is 1.44. The highest BCUT2D eigenvalue weighted by Gasteiger charge is 2.28. The van der Waals surface area contributed by atoms with Gasteiger partial charge in [-0.2, -0.15) is 0 Å². The Hall–Kier alpha value is -2.39. The SMILES string of the molecule is O=C(CCCn1nnnc1CN1CCOCC1)N1CC[C@H](c2ccccc2F)C1. The molecule has 0 saturated carbocycles. The lowest BCUT2D eigenvalue weighted by Crippen LogP contribution is -2.36. The summed E-state index contributed by atoms with van der Waals surface area (Å²) in [4.78, 5) is 16.7. The first-order valence-corrected chi connectivity index (χ1v) is 10.3. The van der Waals surface area contributed by atoms with Gasteiger partial charge in [-0.05, 0) is 34.9 Å². The minimum atomic E-state index is -0.182. The number of likely N-dealkylation sites (tertiary alicyclic amines) is 1. The molecule has 2 saturated heterocycles. The third kappa shape index (κ3) is 4.97. The zero-order valence-electron chi connectivity index (χ0n) is 16.5. The first-order valence-electron chi connectivity index (χ1n) is 10.3. The number of hydrogen-bond acceptors (Lipinski definition) is 6. The van der Waals surface area contributed by atoms with Crippen LogP contribution in [0.2, 0.25) is 0 Å². The smallest absolute Gasteiger partial charge is 0.222 e. The molecule has 0 aliphatic carbocycles. The van der Waals surface area contributed by atoms with E-state index in [4.69, 9.17) is 4.74 Å². The van der Waals surface area contributed by atoms with Crippen molar-refractivity contribution in [2.45, 2.75) is 38.3 Å². The number of aryl methyl sites for hydroxylation is 1. The van der Waals surface area contributed by atoms with Gasteiger partial charge in [-0.15, -0.1) is 5.10 Å². The molecule has 0 unspecified atom stereocenters. The van der Waals surface area contributed by atoms with Crippen molar-refractivity contribution in [2.75, 3.05) is 39.4 Å². The van der Waals surface area contributed by atoms with Crippen LogP contribution in [-0.2, 0) is 22.6 Å². The van der Waals surface area contributed by atoms with Crippen LogP contribution in [0.1, 0.15) is 36.6 Å². The molecule has 2 aliphatic heterocycles. The van der Waals surface area contributed by atoms with Gasteiger partial charge < -0.3 is 9.64 Å². The first-order chi connectivity index (χ1) is 14.2. The van der Waals surface area contributed by atoms with E-state index in [0.717, 1.165) is 38.5 Å². The molecule has 1 atom stereocenters. The maximum atomic E-state index is 14.0. The van der Waals surface area contributed by atoms with Crippen molar-refractivity contribution in [1.82, 2.24) is 30.0 Å². The molecule has 1 aromatic carbocycles. The summed E-state index contributed by atoms with van der Waals surface area (Å²) in [6.07, 6.45) is 1.94. The number of benzene rings is 1. The van der Waals surface area contributed by atoms with Gasteiger partial charge in [0, 0.05) is 45.1 Å². The van der Waals surface area contributed by atoms with Crippen molar-refractivity contribution < 1.29 is 13.9 Å². The Balaban J connectivity index is 1.24. The van der Waals surface area contributed by atoms with E-state index in [1.807, 2.05) is 17.0 Å². The first kappa shape index (κ1) is 19.9. The van der Waals surface area contributed by atoms with E-state index < -0.39 is 0 Å². The van der Waals surface area contributed by atoms with Crippen LogP contribution in [0.25, 0.3) is 0 Å². The second-order valence-corrected chi connectivity index (χ2v) is 7.66. The number of carbonyl (C=O) groups is 1. The third-order valence-electron chi connectivity index (χ3n) is 5.72. The highest BCUT2D eigenvalue weighted by molar-refractivity contribution is 5.76. The highest BCUT2D eigenvalue weighted by Crippen LogP contribution is 2.29. The standard InChI is InChI=1S/C20H27FN6O2/c21-18-5-2-1-4-17(18)16-7-9-26(14-16)20(28)6-3-8-27-19(22-23-24-27)15-25-10-12-29-13-11-25/h1-2,4-5,16H,3,6-15H2/t16-/m0/s1. The zero-order valence-corrected chi connectivity index (χ0v) is 16.5. The third-order valence-corrected chi connectivity index (χ3v) is 5.72. The molecule has 1 amide bonds. The fraction of sp³-hybridized carbons (Fsp3) is 0.600. The van der Waals surface area contributed by atoms with Gasteiger partial charge in [0.05, 0.1) is 19.8 Å². The van der Waals surface area contributed by atoms with E-state index in [1.54, 1.807) is 10.7 Å². The monoisotopic (exact) mass is 402 g/mol. The van der Waals surface area contributed by atoms with Gasteiger partial charge in [0.2, 0.25) is 5.91 Å². The van der Waals surface area contributed by atoms with Gasteiger partial charge in [-0.3, -0.25) is 9.69 Å². The van der Waals surface area contributed by atoms with Gasteiger partial charge in [0.15, 0.2) is 5.82 Å². The van der Waals surface area contributed by atoms with Crippen LogP contribution in [0.15, 0.2) is 24.3 Å². The van der Waals surface area contributed by atoms with E-state index in [9.17, 15) is 9.18 Å². The summed E-state index contributed by atoms with van der Waals surface area (Å²) in [7, 11) is 0. The number of rotatable bonds is 7. The molecule has 8 nitrogen and oxygen atoms in total. The molecule has 4 rings (SSSR count). The Kier molecular flexibility index (Phi) is 6.46. The topological polar surface area (TPSA) is 76.4 Å². The van der Waals surface area contributed by atoms with Crippen LogP contribution in [0, 0.1) is 5.82 Å². The molecule has 9 heteroatoms. The van der Waals surface area contributed by atoms with Crippen molar-refractivity contribution >= 4 is 5.91 Å². The number of aromatic nitrogens is 4. The Bertz CT molecular complexity index is 823. The highest BCUT2D eigenvalue weighted by atomic mass is 19.1. The molecule has 2 aromatic rings. The van der Waals surface area contributed by atoms with Crippen LogP contribution in [0.5, 0.6) is 0 Å². The summed E-state index contributed by atoms with van der Waals surface area (Å²) >= 11 is 0. The van der Waals surface area contributed by atoms with Crippen molar-refractivity contribution in [2.24, 2.45) is 0 Å². The van der Waals surface area contributed by atoms with Crippen molar-refractivity contribution in [3.05, 3.63) is 41.5 Å². The summed E-state index contributed by atoms with van der Waals surface area (Å²) in [5, 5.41) is 12.0. The lowest BCUT2D eigenvalue weighted by atomic mass is 9.98. The van der Waals surface area contributed by atoms with Crippen LogP contribution in [-0.4, -0.2) is 75.3 Å². The van der Waals surface area contributed by atoms with Gasteiger partial charge >= 0.3 is 0 Å². The number of tetrazole rings is 1. The molecule has 3 heterocycles. The number of hydrogen-bond donors (Lipinski definition) is 0. The summed E-state index contributed by atoms with van der Waals surface area (Å²) in [5.41, 5.74) is 0.712. The second-order valence-electron chi connectivity index (χ2n) is 7.66. The largest absolute Gasteiger partial charge is 0.379 e. The average molecular weight is 402 g/mol. The van der Waals surface area contributed by atoms with E-state index in [-0.39, 0.29) is 17.6 Å². The molecule has 0 radical (unpaired) electrons. The van der Waals surface area contributed by atoms with Gasteiger partial charge in [-0.25, -0.2) is 9.07 Å². The number of ether oxygens (including phenoxy) is 1. The molecule has 29 heavy (non-hydrogen) atoms. The molecule has 2 aliphatic rings. The molecular formula is C20H27FN6O2. The van der Waals surface area contributed by atoms with Gasteiger partial charge in [0.1, 0.15) is 5.82 Å². The number of carbonyl (C=O) groups excluding carboxylic acids is 1. The summed E-state index contributed by atoms with van der Waals surface area (Å²) in [6, 6.07) is 6.86. The lowest BCUT2D eigenvalue weighted by molar-refractivity contribution is -0.130. The van der Waals surface area contributed by atoms with Crippen LogP contribution in [0.4, 0.5) is 4.39 Å². The Morgan fingerprint density at radius 3 is 2.86 bits per heavy atom.